The maximum Gasteiger partial charge on any atom is 0.417 e. The third kappa shape index (κ3) is 4.03. The van der Waals surface area contributed by atoms with Crippen LogP contribution in [0.5, 0.6) is 5.75 Å². The van der Waals surface area contributed by atoms with E-state index in [1.807, 2.05) is 12.1 Å². The minimum Gasteiger partial charge on any atom is -0.497 e. The van der Waals surface area contributed by atoms with Crippen LogP contribution in [0.4, 0.5) is 13.2 Å². The van der Waals surface area contributed by atoms with Gasteiger partial charge in [0.1, 0.15) is 12.0 Å². The van der Waals surface area contributed by atoms with Gasteiger partial charge in [0.05, 0.1) is 23.4 Å². The molecule has 3 aromatic heterocycles. The highest BCUT2D eigenvalue weighted by molar-refractivity contribution is 7.98. The monoisotopic (exact) mass is 440 g/mol. The molecule has 0 radical (unpaired) electrons. The number of fused-ring (bicyclic) bond motifs is 1. The van der Waals surface area contributed by atoms with E-state index >= 15 is 0 Å². The minimum absolute atomic E-state index is 0.123. The summed E-state index contributed by atoms with van der Waals surface area (Å²) in [6.45, 7) is 0. The van der Waals surface area contributed by atoms with E-state index in [4.69, 9.17) is 20.8 Å². The third-order valence-electron chi connectivity index (χ3n) is 3.99. The molecule has 0 aliphatic rings. The molecule has 1 aromatic carbocycles. The van der Waals surface area contributed by atoms with Crippen molar-refractivity contribution in [1.82, 2.24) is 19.6 Å². The Balaban J connectivity index is 1.54. The van der Waals surface area contributed by atoms with Gasteiger partial charge in [-0.25, -0.2) is 4.98 Å². The Bertz CT molecular complexity index is 1160. The molecule has 0 N–H and O–H groups in total. The summed E-state index contributed by atoms with van der Waals surface area (Å²) in [4.78, 5) is 4.40. The average molecular weight is 441 g/mol. The van der Waals surface area contributed by atoms with E-state index in [2.05, 4.69) is 15.2 Å². The molecule has 0 bridgehead atoms. The van der Waals surface area contributed by atoms with Crippen molar-refractivity contribution >= 4 is 29.0 Å². The summed E-state index contributed by atoms with van der Waals surface area (Å²) in [5, 5.41) is 7.93. The highest BCUT2D eigenvalue weighted by Crippen LogP contribution is 2.34. The number of alkyl halides is 3. The first-order valence-electron chi connectivity index (χ1n) is 8.18. The molecule has 0 fully saturated rings. The van der Waals surface area contributed by atoms with Crippen molar-refractivity contribution in [3.63, 3.8) is 0 Å². The van der Waals surface area contributed by atoms with Crippen LogP contribution in [0.2, 0.25) is 5.02 Å². The second-order valence-electron chi connectivity index (χ2n) is 5.91. The Morgan fingerprint density at radius 2 is 1.97 bits per heavy atom. The van der Waals surface area contributed by atoms with E-state index in [0.29, 0.717) is 23.1 Å². The van der Waals surface area contributed by atoms with Crippen LogP contribution in [0.3, 0.4) is 0 Å². The third-order valence-corrected chi connectivity index (χ3v) is 5.25. The number of methoxy groups -OCH3 is 1. The number of halogens is 4. The van der Waals surface area contributed by atoms with E-state index < -0.39 is 11.7 Å². The highest BCUT2D eigenvalue weighted by Gasteiger charge is 2.32. The largest absolute Gasteiger partial charge is 0.497 e. The lowest BCUT2D eigenvalue weighted by molar-refractivity contribution is -0.137. The number of rotatable bonds is 5. The topological polar surface area (TPSA) is 65.5 Å². The fourth-order valence-electron chi connectivity index (χ4n) is 2.57. The van der Waals surface area contributed by atoms with Gasteiger partial charge in [-0.3, -0.25) is 4.40 Å². The maximum atomic E-state index is 13.0. The molecule has 0 aliphatic heterocycles. The summed E-state index contributed by atoms with van der Waals surface area (Å²) >= 11 is 7.10. The molecule has 0 amide bonds. The van der Waals surface area contributed by atoms with Crippen LogP contribution in [0.1, 0.15) is 11.3 Å². The van der Waals surface area contributed by atoms with Crippen molar-refractivity contribution in [3.8, 4) is 17.2 Å². The van der Waals surface area contributed by atoms with Crippen molar-refractivity contribution in [2.45, 2.75) is 17.1 Å². The van der Waals surface area contributed by atoms with Crippen LogP contribution in [-0.4, -0.2) is 26.7 Å². The number of hydrogen-bond donors (Lipinski definition) is 0. The molecule has 11 heteroatoms. The first-order chi connectivity index (χ1) is 13.8. The number of thioether (sulfide) groups is 1. The summed E-state index contributed by atoms with van der Waals surface area (Å²) in [7, 11) is 1.58. The standard InChI is InChI=1S/C18H12ClF3N4O2S/c1-27-13-4-2-10(3-5-13)16-23-12(8-28-16)9-29-17-25-24-15-14(19)6-11(7-26(15)17)18(20,21)22/h2-8H,9H2,1H3. The van der Waals surface area contributed by atoms with Crippen LogP contribution >= 0.6 is 23.4 Å². The van der Waals surface area contributed by atoms with E-state index in [9.17, 15) is 13.2 Å². The maximum absolute atomic E-state index is 13.0. The predicted molar refractivity (Wildman–Crippen MR) is 101 cm³/mol. The van der Waals surface area contributed by atoms with Gasteiger partial charge >= 0.3 is 6.18 Å². The van der Waals surface area contributed by atoms with Gasteiger partial charge in [-0.15, -0.1) is 10.2 Å². The lowest BCUT2D eigenvalue weighted by Gasteiger charge is -2.08. The number of nitrogens with zero attached hydrogens (tertiary/aromatic N) is 4. The molecule has 0 atom stereocenters. The minimum atomic E-state index is -4.52. The van der Waals surface area contributed by atoms with Gasteiger partial charge in [0.15, 0.2) is 10.8 Å². The van der Waals surface area contributed by atoms with Crippen LogP contribution < -0.4 is 4.74 Å². The van der Waals surface area contributed by atoms with Gasteiger partial charge in [0.2, 0.25) is 5.89 Å². The van der Waals surface area contributed by atoms with Crippen LogP contribution in [-0.2, 0) is 11.9 Å². The Morgan fingerprint density at radius 3 is 2.66 bits per heavy atom. The zero-order valence-corrected chi connectivity index (χ0v) is 16.3. The van der Waals surface area contributed by atoms with Gasteiger partial charge in [-0.1, -0.05) is 23.4 Å². The van der Waals surface area contributed by atoms with E-state index in [1.165, 1.54) is 22.4 Å². The first kappa shape index (κ1) is 19.6. The summed E-state index contributed by atoms with van der Waals surface area (Å²) in [6, 6.07) is 8.04. The Kier molecular flexibility index (Phi) is 5.13. The Morgan fingerprint density at radius 1 is 1.21 bits per heavy atom. The van der Waals surface area contributed by atoms with Crippen LogP contribution in [0.15, 0.2) is 52.4 Å². The lowest BCUT2D eigenvalue weighted by atomic mass is 10.2. The van der Waals surface area contributed by atoms with Gasteiger partial charge < -0.3 is 9.15 Å². The van der Waals surface area contributed by atoms with Crippen molar-refractivity contribution in [3.05, 3.63) is 59.1 Å². The molecule has 3 heterocycles. The zero-order chi connectivity index (χ0) is 20.6. The first-order valence-corrected chi connectivity index (χ1v) is 9.54. The Hall–Kier alpha value is -2.72. The second kappa shape index (κ2) is 7.60. The summed E-state index contributed by atoms with van der Waals surface area (Å²) in [5.41, 5.74) is 0.660. The van der Waals surface area contributed by atoms with Crippen LogP contribution in [0.25, 0.3) is 17.1 Å². The number of ether oxygens (including phenoxy) is 1. The van der Waals surface area contributed by atoms with E-state index in [-0.39, 0.29) is 15.8 Å². The summed E-state index contributed by atoms with van der Waals surface area (Å²) in [6.07, 6.45) is -2.11. The smallest absolute Gasteiger partial charge is 0.417 e. The molecular formula is C18H12ClF3N4O2S. The SMILES string of the molecule is COc1ccc(-c2nc(CSc3nnc4c(Cl)cc(C(F)(F)F)cn34)co2)cc1. The highest BCUT2D eigenvalue weighted by atomic mass is 35.5. The number of pyridine rings is 1. The molecule has 0 saturated carbocycles. The molecule has 6 nitrogen and oxygen atoms in total. The van der Waals surface area contributed by atoms with Gasteiger partial charge in [0, 0.05) is 17.5 Å². The number of oxazole rings is 1. The fraction of sp³-hybridized carbons (Fsp3) is 0.167. The fourth-order valence-corrected chi connectivity index (χ4v) is 3.60. The molecule has 0 spiro atoms. The van der Waals surface area contributed by atoms with Gasteiger partial charge in [0.25, 0.3) is 0 Å². The molecule has 0 aliphatic carbocycles. The van der Waals surface area contributed by atoms with Crippen molar-refractivity contribution in [1.29, 1.82) is 0 Å². The Labute approximate surface area is 171 Å². The molecule has 29 heavy (non-hydrogen) atoms. The molecular weight excluding hydrogens is 429 g/mol. The van der Waals surface area contributed by atoms with Crippen molar-refractivity contribution in [2.24, 2.45) is 0 Å². The average Bonchev–Trinajstić information content (AvgIpc) is 3.33. The number of aromatic nitrogens is 4. The van der Waals surface area contributed by atoms with Crippen molar-refractivity contribution in [2.75, 3.05) is 7.11 Å². The lowest BCUT2D eigenvalue weighted by Crippen LogP contribution is -2.07. The molecule has 0 saturated heterocycles. The number of benzene rings is 1. The molecule has 150 valence electrons. The summed E-state index contributed by atoms with van der Waals surface area (Å²) in [5.74, 6) is 1.47. The molecule has 4 aromatic rings. The van der Waals surface area contributed by atoms with E-state index in [1.54, 1.807) is 19.2 Å². The van der Waals surface area contributed by atoms with E-state index in [0.717, 1.165) is 17.8 Å². The summed E-state index contributed by atoms with van der Waals surface area (Å²) < 4.78 is 51.0. The molecule has 0 unspecified atom stereocenters. The number of hydrogen-bond acceptors (Lipinski definition) is 6. The van der Waals surface area contributed by atoms with Crippen molar-refractivity contribution < 1.29 is 22.3 Å². The predicted octanol–water partition coefficient (Wildman–Crippen LogP) is 5.36. The van der Waals surface area contributed by atoms with Crippen LogP contribution in [0, 0.1) is 0 Å². The van der Waals surface area contributed by atoms with Gasteiger partial charge in [-0.2, -0.15) is 13.2 Å². The zero-order valence-electron chi connectivity index (χ0n) is 14.8. The second-order valence-corrected chi connectivity index (χ2v) is 7.26. The quantitative estimate of drug-likeness (QED) is 0.389. The molecule has 4 rings (SSSR count). The van der Waals surface area contributed by atoms with Gasteiger partial charge in [-0.05, 0) is 30.3 Å². The normalized spacial score (nSPS) is 11.9.